The SMILES string of the molecule is CNC(=O)c1cccc(C(=O)OCc2cnc(C)s2)c1. The van der Waals surface area contributed by atoms with E-state index in [0.29, 0.717) is 11.1 Å². The number of nitrogens with one attached hydrogen (secondary N) is 1. The third-order valence-corrected chi connectivity index (χ3v) is 3.49. The first-order valence-electron chi connectivity index (χ1n) is 6.00. The Morgan fingerprint density at radius 3 is 2.75 bits per heavy atom. The van der Waals surface area contributed by atoms with E-state index in [4.69, 9.17) is 4.74 Å². The number of esters is 1. The van der Waals surface area contributed by atoms with Crippen LogP contribution in [-0.2, 0) is 11.3 Å². The van der Waals surface area contributed by atoms with Gasteiger partial charge in [-0.1, -0.05) is 6.07 Å². The number of carbonyl (C=O) groups is 2. The lowest BCUT2D eigenvalue weighted by atomic mass is 10.1. The number of aromatic nitrogens is 1. The summed E-state index contributed by atoms with van der Waals surface area (Å²) in [6.45, 7) is 2.08. The molecule has 1 aromatic carbocycles. The molecule has 2 rings (SSSR count). The topological polar surface area (TPSA) is 68.3 Å². The van der Waals surface area contributed by atoms with E-state index in [1.165, 1.54) is 17.4 Å². The number of hydrogen-bond donors (Lipinski definition) is 1. The van der Waals surface area contributed by atoms with Gasteiger partial charge in [0, 0.05) is 18.8 Å². The summed E-state index contributed by atoms with van der Waals surface area (Å²) in [6.07, 6.45) is 1.69. The predicted molar refractivity (Wildman–Crippen MR) is 75.8 cm³/mol. The minimum absolute atomic E-state index is 0.189. The lowest BCUT2D eigenvalue weighted by Gasteiger charge is -2.05. The number of amides is 1. The summed E-state index contributed by atoms with van der Waals surface area (Å²) in [4.78, 5) is 28.4. The zero-order valence-corrected chi connectivity index (χ0v) is 12.0. The van der Waals surface area contributed by atoms with Crippen LogP contribution in [0.4, 0.5) is 0 Å². The second-order valence-electron chi connectivity index (χ2n) is 4.08. The van der Waals surface area contributed by atoms with Gasteiger partial charge in [0.25, 0.3) is 5.91 Å². The summed E-state index contributed by atoms with van der Waals surface area (Å²) in [5.41, 5.74) is 0.780. The third kappa shape index (κ3) is 3.42. The molecule has 0 bridgehead atoms. The van der Waals surface area contributed by atoms with Crippen molar-refractivity contribution in [1.29, 1.82) is 0 Å². The molecule has 20 heavy (non-hydrogen) atoms. The van der Waals surface area contributed by atoms with Crippen LogP contribution in [0.15, 0.2) is 30.5 Å². The Balaban J connectivity index is 2.03. The van der Waals surface area contributed by atoms with Crippen LogP contribution in [0.1, 0.15) is 30.6 Å². The number of rotatable bonds is 4. The van der Waals surface area contributed by atoms with Crippen LogP contribution < -0.4 is 5.32 Å². The van der Waals surface area contributed by atoms with Gasteiger partial charge < -0.3 is 10.1 Å². The highest BCUT2D eigenvalue weighted by atomic mass is 32.1. The highest BCUT2D eigenvalue weighted by molar-refractivity contribution is 7.11. The van der Waals surface area contributed by atoms with E-state index >= 15 is 0 Å². The van der Waals surface area contributed by atoms with Crippen LogP contribution in [0.5, 0.6) is 0 Å². The van der Waals surface area contributed by atoms with E-state index in [0.717, 1.165) is 9.88 Å². The average Bonchev–Trinajstić information content (AvgIpc) is 2.89. The fourth-order valence-corrected chi connectivity index (χ4v) is 2.33. The number of benzene rings is 1. The quantitative estimate of drug-likeness (QED) is 0.876. The fourth-order valence-electron chi connectivity index (χ4n) is 1.62. The first-order valence-corrected chi connectivity index (χ1v) is 6.82. The lowest BCUT2D eigenvalue weighted by Crippen LogP contribution is -2.18. The third-order valence-electron chi connectivity index (χ3n) is 2.60. The number of hydrogen-bond acceptors (Lipinski definition) is 5. The Labute approximate surface area is 120 Å². The van der Waals surface area contributed by atoms with Crippen molar-refractivity contribution in [2.24, 2.45) is 0 Å². The Morgan fingerprint density at radius 2 is 2.10 bits per heavy atom. The average molecular weight is 290 g/mol. The van der Waals surface area contributed by atoms with Gasteiger partial charge in [-0.25, -0.2) is 9.78 Å². The summed E-state index contributed by atoms with van der Waals surface area (Å²) in [7, 11) is 1.54. The van der Waals surface area contributed by atoms with Crippen molar-refractivity contribution in [1.82, 2.24) is 10.3 Å². The molecule has 0 aliphatic heterocycles. The molecule has 0 aliphatic carbocycles. The van der Waals surface area contributed by atoms with Gasteiger partial charge in [0.1, 0.15) is 6.61 Å². The van der Waals surface area contributed by atoms with Crippen LogP contribution in [0.3, 0.4) is 0 Å². The monoisotopic (exact) mass is 290 g/mol. The van der Waals surface area contributed by atoms with E-state index in [9.17, 15) is 9.59 Å². The summed E-state index contributed by atoms with van der Waals surface area (Å²) < 4.78 is 5.20. The van der Waals surface area contributed by atoms with E-state index < -0.39 is 5.97 Å². The van der Waals surface area contributed by atoms with Crippen LogP contribution in [-0.4, -0.2) is 23.9 Å². The Kier molecular flexibility index (Phi) is 4.47. The van der Waals surface area contributed by atoms with Gasteiger partial charge in [0.2, 0.25) is 0 Å². The first kappa shape index (κ1) is 14.2. The Hall–Kier alpha value is -2.21. The van der Waals surface area contributed by atoms with Gasteiger partial charge in [-0.3, -0.25) is 4.79 Å². The molecule has 5 nitrogen and oxygen atoms in total. The lowest BCUT2D eigenvalue weighted by molar-refractivity contribution is 0.0476. The van der Waals surface area contributed by atoms with Crippen molar-refractivity contribution >= 4 is 23.2 Å². The molecule has 0 radical (unpaired) electrons. The summed E-state index contributed by atoms with van der Waals surface area (Å²) >= 11 is 1.48. The molecular weight excluding hydrogens is 276 g/mol. The molecule has 104 valence electrons. The fraction of sp³-hybridized carbons (Fsp3) is 0.214. The van der Waals surface area contributed by atoms with Crippen molar-refractivity contribution in [3.63, 3.8) is 0 Å². The summed E-state index contributed by atoms with van der Waals surface area (Å²) in [5, 5.41) is 3.44. The zero-order valence-electron chi connectivity index (χ0n) is 11.2. The van der Waals surface area contributed by atoms with Crippen LogP contribution in [0.2, 0.25) is 0 Å². The number of thiazole rings is 1. The van der Waals surface area contributed by atoms with Gasteiger partial charge in [-0.15, -0.1) is 11.3 Å². The molecule has 0 fully saturated rings. The molecule has 0 spiro atoms. The molecule has 1 heterocycles. The van der Waals surface area contributed by atoms with Gasteiger partial charge in [-0.2, -0.15) is 0 Å². The highest BCUT2D eigenvalue weighted by Crippen LogP contribution is 2.14. The summed E-state index contributed by atoms with van der Waals surface area (Å²) in [5.74, 6) is -0.695. The normalized spacial score (nSPS) is 10.1. The number of carbonyl (C=O) groups excluding carboxylic acids is 2. The Bertz CT molecular complexity index is 637. The molecule has 1 aromatic heterocycles. The maximum absolute atomic E-state index is 11.9. The van der Waals surface area contributed by atoms with E-state index in [2.05, 4.69) is 10.3 Å². The summed E-state index contributed by atoms with van der Waals surface area (Å²) in [6, 6.07) is 6.42. The molecule has 0 saturated carbocycles. The molecule has 0 atom stereocenters. The van der Waals surface area contributed by atoms with Crippen molar-refractivity contribution in [3.8, 4) is 0 Å². The second-order valence-corrected chi connectivity index (χ2v) is 5.40. The maximum Gasteiger partial charge on any atom is 0.338 e. The second kappa shape index (κ2) is 6.29. The predicted octanol–water partition coefficient (Wildman–Crippen LogP) is 2.17. The largest absolute Gasteiger partial charge is 0.456 e. The molecule has 6 heteroatoms. The smallest absolute Gasteiger partial charge is 0.338 e. The molecule has 1 N–H and O–H groups in total. The van der Waals surface area contributed by atoms with Crippen molar-refractivity contribution in [2.45, 2.75) is 13.5 Å². The highest BCUT2D eigenvalue weighted by Gasteiger charge is 2.11. The van der Waals surface area contributed by atoms with Crippen LogP contribution in [0, 0.1) is 6.92 Å². The van der Waals surface area contributed by atoms with Crippen LogP contribution in [0.25, 0.3) is 0 Å². The molecule has 1 amide bonds. The molecule has 0 unspecified atom stereocenters. The van der Waals surface area contributed by atoms with Crippen LogP contribution >= 0.6 is 11.3 Å². The van der Waals surface area contributed by atoms with E-state index in [-0.39, 0.29) is 12.5 Å². The molecular formula is C14H14N2O3S. The van der Waals surface area contributed by atoms with E-state index in [1.54, 1.807) is 31.4 Å². The van der Waals surface area contributed by atoms with Gasteiger partial charge in [-0.05, 0) is 25.1 Å². The zero-order chi connectivity index (χ0) is 14.5. The number of nitrogens with zero attached hydrogens (tertiary/aromatic N) is 1. The minimum Gasteiger partial charge on any atom is -0.456 e. The number of aryl methyl sites for hydroxylation is 1. The van der Waals surface area contributed by atoms with Gasteiger partial charge in [0.15, 0.2) is 0 Å². The number of ether oxygens (including phenoxy) is 1. The van der Waals surface area contributed by atoms with Gasteiger partial charge >= 0.3 is 5.97 Å². The maximum atomic E-state index is 11.9. The van der Waals surface area contributed by atoms with Crippen molar-refractivity contribution in [3.05, 3.63) is 51.5 Å². The minimum atomic E-state index is -0.457. The van der Waals surface area contributed by atoms with Gasteiger partial charge in [0.05, 0.1) is 15.4 Å². The van der Waals surface area contributed by atoms with Crippen molar-refractivity contribution < 1.29 is 14.3 Å². The molecule has 0 saturated heterocycles. The van der Waals surface area contributed by atoms with E-state index in [1.807, 2.05) is 6.92 Å². The van der Waals surface area contributed by atoms with Crippen molar-refractivity contribution in [2.75, 3.05) is 7.05 Å². The first-order chi connectivity index (χ1) is 9.60. The standard InChI is InChI=1S/C14H14N2O3S/c1-9-16-7-12(20-9)8-19-14(18)11-5-3-4-10(6-11)13(17)15-2/h3-7H,8H2,1-2H3,(H,15,17). The molecule has 2 aromatic rings. The molecule has 0 aliphatic rings. The Morgan fingerprint density at radius 1 is 1.35 bits per heavy atom.